The van der Waals surface area contributed by atoms with Crippen LogP contribution in [0.25, 0.3) is 9.88 Å². The first-order valence-corrected chi connectivity index (χ1v) is 8.74. The maximum Gasteiger partial charge on any atom is 0.229 e. The Hall–Kier alpha value is -1.80. The molecule has 1 aliphatic rings. The van der Waals surface area contributed by atoms with Crippen LogP contribution in [0.4, 0.5) is 5.13 Å². The fourth-order valence-corrected chi connectivity index (χ4v) is 4.24. The van der Waals surface area contributed by atoms with Crippen LogP contribution >= 0.6 is 22.7 Å². The summed E-state index contributed by atoms with van der Waals surface area (Å²) in [5.41, 5.74) is 0. The minimum absolute atomic E-state index is 0.303. The zero-order chi connectivity index (χ0) is 15.5. The quantitative estimate of drug-likeness (QED) is 0.918. The molecule has 1 amide bonds. The summed E-state index contributed by atoms with van der Waals surface area (Å²) < 4.78 is 0. The minimum Gasteiger partial charge on any atom is -0.550 e. The Morgan fingerprint density at radius 1 is 1.23 bits per heavy atom. The third kappa shape index (κ3) is 3.17. The summed E-state index contributed by atoms with van der Waals surface area (Å²) >= 11 is 2.84. The van der Waals surface area contributed by atoms with Crippen molar-refractivity contribution in [2.24, 2.45) is 11.8 Å². The summed E-state index contributed by atoms with van der Waals surface area (Å²) in [5.74, 6) is -2.70. The van der Waals surface area contributed by atoms with E-state index in [9.17, 15) is 14.7 Å². The molecule has 1 saturated carbocycles. The summed E-state index contributed by atoms with van der Waals surface area (Å²) in [6.07, 6.45) is 2.75. The Labute approximate surface area is 135 Å². The minimum atomic E-state index is -1.14. The second kappa shape index (κ2) is 6.53. The van der Waals surface area contributed by atoms with Gasteiger partial charge < -0.3 is 15.2 Å². The third-order valence-electron chi connectivity index (χ3n) is 3.79. The number of amides is 1. The number of carboxylic acid groups (broad SMARTS) is 1. The Bertz CT molecular complexity index is 669. The predicted molar refractivity (Wildman–Crippen MR) is 82.3 cm³/mol. The molecule has 116 valence electrons. The van der Waals surface area contributed by atoms with E-state index in [1.54, 1.807) is 11.3 Å². The molecule has 0 bridgehead atoms. The van der Waals surface area contributed by atoms with Crippen molar-refractivity contribution in [1.82, 2.24) is 10.2 Å². The number of nitrogens with one attached hydrogen (secondary N) is 1. The zero-order valence-corrected chi connectivity index (χ0v) is 13.3. The van der Waals surface area contributed by atoms with E-state index in [1.807, 2.05) is 17.5 Å². The van der Waals surface area contributed by atoms with Gasteiger partial charge in [-0.3, -0.25) is 4.79 Å². The van der Waals surface area contributed by atoms with Gasteiger partial charge in [0.1, 0.15) is 0 Å². The lowest BCUT2D eigenvalue weighted by Gasteiger charge is -2.30. The van der Waals surface area contributed by atoms with Crippen LogP contribution < -0.4 is 10.4 Å². The number of carboxylic acids is 1. The molecule has 3 rings (SSSR count). The van der Waals surface area contributed by atoms with Crippen molar-refractivity contribution in [3.63, 3.8) is 0 Å². The van der Waals surface area contributed by atoms with E-state index in [2.05, 4.69) is 15.5 Å². The van der Waals surface area contributed by atoms with Crippen molar-refractivity contribution in [3.05, 3.63) is 17.5 Å². The Morgan fingerprint density at radius 2 is 2.00 bits per heavy atom. The van der Waals surface area contributed by atoms with Crippen LogP contribution in [-0.2, 0) is 9.59 Å². The Kier molecular flexibility index (Phi) is 4.49. The number of anilines is 1. The fourth-order valence-electron chi connectivity index (χ4n) is 2.70. The van der Waals surface area contributed by atoms with Crippen molar-refractivity contribution in [2.45, 2.75) is 25.7 Å². The van der Waals surface area contributed by atoms with E-state index in [4.69, 9.17) is 0 Å². The van der Waals surface area contributed by atoms with Crippen LogP contribution in [0.2, 0.25) is 0 Å². The Balaban J connectivity index is 1.70. The monoisotopic (exact) mass is 336 g/mol. The van der Waals surface area contributed by atoms with E-state index < -0.39 is 17.8 Å². The molecule has 2 heterocycles. The number of hydrogen-bond donors (Lipinski definition) is 1. The number of hydrogen-bond acceptors (Lipinski definition) is 7. The van der Waals surface area contributed by atoms with E-state index >= 15 is 0 Å². The number of aromatic nitrogens is 2. The van der Waals surface area contributed by atoms with Gasteiger partial charge in [-0.2, -0.15) is 0 Å². The second-order valence-corrected chi connectivity index (χ2v) is 7.12. The van der Waals surface area contributed by atoms with E-state index in [1.165, 1.54) is 11.3 Å². The van der Waals surface area contributed by atoms with E-state index in [0.29, 0.717) is 18.0 Å². The maximum atomic E-state index is 12.3. The van der Waals surface area contributed by atoms with Gasteiger partial charge >= 0.3 is 0 Å². The molecule has 8 heteroatoms. The molecule has 6 nitrogen and oxygen atoms in total. The van der Waals surface area contributed by atoms with Crippen LogP contribution in [0, 0.1) is 11.8 Å². The first-order valence-electron chi connectivity index (χ1n) is 7.04. The van der Waals surface area contributed by atoms with Crippen LogP contribution in [0.5, 0.6) is 0 Å². The molecule has 1 fully saturated rings. The molecule has 2 aromatic rings. The number of aliphatic carboxylic acids is 1. The summed E-state index contributed by atoms with van der Waals surface area (Å²) in [7, 11) is 0. The molecule has 0 saturated heterocycles. The lowest BCUT2D eigenvalue weighted by molar-refractivity contribution is -0.313. The molecule has 2 atom stereocenters. The van der Waals surface area contributed by atoms with Crippen LogP contribution in [-0.4, -0.2) is 22.1 Å². The highest BCUT2D eigenvalue weighted by atomic mass is 32.1. The highest BCUT2D eigenvalue weighted by Crippen LogP contribution is 2.33. The van der Waals surface area contributed by atoms with Crippen LogP contribution in [0.15, 0.2) is 17.5 Å². The second-order valence-electron chi connectivity index (χ2n) is 5.20. The first kappa shape index (κ1) is 15.1. The maximum absolute atomic E-state index is 12.3. The zero-order valence-electron chi connectivity index (χ0n) is 11.7. The van der Waals surface area contributed by atoms with E-state index in [0.717, 1.165) is 22.7 Å². The molecule has 0 aromatic carbocycles. The van der Waals surface area contributed by atoms with Crippen molar-refractivity contribution in [3.8, 4) is 9.88 Å². The van der Waals surface area contributed by atoms with Gasteiger partial charge in [0, 0.05) is 17.8 Å². The van der Waals surface area contributed by atoms with Gasteiger partial charge in [0.2, 0.25) is 11.0 Å². The molecule has 22 heavy (non-hydrogen) atoms. The van der Waals surface area contributed by atoms with Gasteiger partial charge in [-0.25, -0.2) is 0 Å². The van der Waals surface area contributed by atoms with Crippen molar-refractivity contribution < 1.29 is 14.7 Å². The highest BCUT2D eigenvalue weighted by Gasteiger charge is 2.32. The van der Waals surface area contributed by atoms with Crippen LogP contribution in [0.3, 0.4) is 0 Å². The number of nitrogens with zero attached hydrogens (tertiary/aromatic N) is 2. The fraction of sp³-hybridized carbons (Fsp3) is 0.429. The van der Waals surface area contributed by atoms with Crippen molar-refractivity contribution in [2.75, 3.05) is 5.32 Å². The van der Waals surface area contributed by atoms with Crippen molar-refractivity contribution >= 4 is 39.7 Å². The molecule has 0 spiro atoms. The van der Waals surface area contributed by atoms with E-state index in [-0.39, 0.29) is 5.91 Å². The van der Waals surface area contributed by atoms with Gasteiger partial charge in [0.25, 0.3) is 0 Å². The molecular weight excluding hydrogens is 322 g/mol. The standard InChI is InChI=1S/C14H15N3O3S2/c18-11(8-4-1-2-5-9(8)13(19)20)15-14-17-16-12(22-14)10-6-3-7-21-10/h3,6-9H,1-2,4-5H2,(H,19,20)(H,15,17,18)/p-1. The van der Waals surface area contributed by atoms with Gasteiger partial charge in [-0.1, -0.05) is 30.2 Å². The number of thiophene rings is 1. The average molecular weight is 336 g/mol. The smallest absolute Gasteiger partial charge is 0.229 e. The average Bonchev–Trinajstić information content (AvgIpc) is 3.17. The lowest BCUT2D eigenvalue weighted by atomic mass is 9.79. The SMILES string of the molecule is O=C([O-])C1CCCCC1C(=O)Nc1nnc(-c2cccs2)s1. The summed E-state index contributed by atoms with van der Waals surface area (Å²) in [6, 6.07) is 3.86. The molecule has 0 radical (unpaired) electrons. The number of carbonyl (C=O) groups is 2. The van der Waals surface area contributed by atoms with Crippen LogP contribution in [0.1, 0.15) is 25.7 Å². The third-order valence-corrected chi connectivity index (χ3v) is 5.67. The van der Waals surface area contributed by atoms with Gasteiger partial charge in [-0.05, 0) is 24.3 Å². The summed E-state index contributed by atoms with van der Waals surface area (Å²) in [5, 5.41) is 25.0. The summed E-state index contributed by atoms with van der Waals surface area (Å²) in [4.78, 5) is 24.5. The molecule has 0 aliphatic heterocycles. The predicted octanol–water partition coefficient (Wildman–Crippen LogP) is 1.76. The van der Waals surface area contributed by atoms with Gasteiger partial charge in [-0.15, -0.1) is 21.5 Å². The molecule has 2 unspecified atom stereocenters. The topological polar surface area (TPSA) is 95.0 Å². The summed E-state index contributed by atoms with van der Waals surface area (Å²) in [6.45, 7) is 0. The first-order chi connectivity index (χ1) is 10.6. The normalized spacial score (nSPS) is 21.5. The molecule has 1 N–H and O–H groups in total. The lowest BCUT2D eigenvalue weighted by Crippen LogP contribution is -2.42. The van der Waals surface area contributed by atoms with Gasteiger partial charge in [0.05, 0.1) is 4.88 Å². The number of rotatable bonds is 4. The largest absolute Gasteiger partial charge is 0.550 e. The molecular formula is C14H14N3O3S2-. The highest BCUT2D eigenvalue weighted by molar-refractivity contribution is 7.23. The molecule has 1 aliphatic carbocycles. The van der Waals surface area contributed by atoms with Gasteiger partial charge in [0.15, 0.2) is 5.01 Å². The number of carbonyl (C=O) groups excluding carboxylic acids is 2. The Morgan fingerprint density at radius 3 is 2.68 bits per heavy atom. The molecule has 2 aromatic heterocycles. The van der Waals surface area contributed by atoms with Crippen molar-refractivity contribution in [1.29, 1.82) is 0 Å².